The number of rotatable bonds is 0. The standard InChI is InChI=1S/C12H10N2O2/c1-2-12(16)14-7-9-5-3-4-6-10(9)13-11(15)8-14/h1,3-6H,7-8H2,(H,13,15). The van der Waals surface area contributed by atoms with Gasteiger partial charge in [-0.15, -0.1) is 6.42 Å². The second kappa shape index (κ2) is 4.07. The highest BCUT2D eigenvalue weighted by Crippen LogP contribution is 2.19. The predicted octanol–water partition coefficient (Wildman–Crippen LogP) is 0.600. The number of terminal acetylenes is 1. The van der Waals surface area contributed by atoms with Gasteiger partial charge >= 0.3 is 0 Å². The first-order chi connectivity index (χ1) is 7.70. The van der Waals surface area contributed by atoms with Crippen molar-refractivity contribution in [3.05, 3.63) is 29.8 Å². The molecule has 0 saturated carbocycles. The Morgan fingerprint density at radius 3 is 2.88 bits per heavy atom. The van der Waals surface area contributed by atoms with Crippen molar-refractivity contribution in [1.29, 1.82) is 0 Å². The maximum atomic E-state index is 11.5. The van der Waals surface area contributed by atoms with Crippen LogP contribution in [0.1, 0.15) is 5.56 Å². The average molecular weight is 214 g/mol. The maximum absolute atomic E-state index is 11.5. The first-order valence-electron chi connectivity index (χ1n) is 4.84. The van der Waals surface area contributed by atoms with Gasteiger partial charge in [-0.25, -0.2) is 0 Å². The Kier molecular flexibility index (Phi) is 2.61. The number of nitrogens with zero attached hydrogens (tertiary/aromatic N) is 1. The molecule has 0 unspecified atom stereocenters. The van der Waals surface area contributed by atoms with Gasteiger partial charge in [-0.2, -0.15) is 0 Å². The van der Waals surface area contributed by atoms with Crippen molar-refractivity contribution in [3.8, 4) is 12.3 Å². The summed E-state index contributed by atoms with van der Waals surface area (Å²) in [6.45, 7) is 0.357. The van der Waals surface area contributed by atoms with Crippen LogP contribution < -0.4 is 5.32 Å². The van der Waals surface area contributed by atoms with Crippen LogP contribution in [0.2, 0.25) is 0 Å². The molecule has 1 heterocycles. The van der Waals surface area contributed by atoms with Crippen molar-refractivity contribution in [3.63, 3.8) is 0 Å². The van der Waals surface area contributed by atoms with E-state index in [1.54, 1.807) is 6.07 Å². The maximum Gasteiger partial charge on any atom is 0.298 e. The molecule has 0 atom stereocenters. The summed E-state index contributed by atoms with van der Waals surface area (Å²) in [6, 6.07) is 7.35. The summed E-state index contributed by atoms with van der Waals surface area (Å²) in [5.41, 5.74) is 1.62. The smallest absolute Gasteiger partial charge is 0.298 e. The number of carbonyl (C=O) groups is 2. The molecule has 0 radical (unpaired) electrons. The summed E-state index contributed by atoms with van der Waals surface area (Å²) in [5.74, 6) is 1.33. The number of amides is 2. The predicted molar refractivity (Wildman–Crippen MR) is 59.3 cm³/mol. The second-order valence-electron chi connectivity index (χ2n) is 3.51. The second-order valence-corrected chi connectivity index (χ2v) is 3.51. The van der Waals surface area contributed by atoms with E-state index in [1.165, 1.54) is 4.90 Å². The minimum atomic E-state index is -0.466. The molecule has 80 valence electrons. The number of nitrogens with one attached hydrogen (secondary N) is 1. The Hall–Kier alpha value is -2.28. The monoisotopic (exact) mass is 214 g/mol. The molecular weight excluding hydrogens is 204 g/mol. The van der Waals surface area contributed by atoms with Gasteiger partial charge in [0.2, 0.25) is 5.91 Å². The summed E-state index contributed by atoms with van der Waals surface area (Å²) in [5, 5.41) is 2.73. The van der Waals surface area contributed by atoms with Gasteiger partial charge in [-0.1, -0.05) is 18.2 Å². The fourth-order valence-corrected chi connectivity index (χ4v) is 1.64. The molecule has 1 N–H and O–H groups in total. The third-order valence-corrected chi connectivity index (χ3v) is 2.40. The molecule has 0 spiro atoms. The first-order valence-corrected chi connectivity index (χ1v) is 4.84. The van der Waals surface area contributed by atoms with Gasteiger partial charge in [0.15, 0.2) is 0 Å². The highest BCUT2D eigenvalue weighted by molar-refractivity contribution is 6.00. The SMILES string of the molecule is C#CC(=O)N1CC(=O)Nc2ccccc2C1. The van der Waals surface area contributed by atoms with E-state index >= 15 is 0 Å². The van der Waals surface area contributed by atoms with Crippen molar-refractivity contribution in [2.75, 3.05) is 11.9 Å². The zero-order chi connectivity index (χ0) is 11.5. The van der Waals surface area contributed by atoms with Crippen LogP contribution >= 0.6 is 0 Å². The fourth-order valence-electron chi connectivity index (χ4n) is 1.64. The molecule has 1 aliphatic rings. The van der Waals surface area contributed by atoms with Gasteiger partial charge in [0.05, 0.1) is 0 Å². The minimum Gasteiger partial charge on any atom is -0.324 e. The lowest BCUT2D eigenvalue weighted by Gasteiger charge is -2.15. The number of anilines is 1. The zero-order valence-electron chi connectivity index (χ0n) is 8.56. The van der Waals surface area contributed by atoms with Gasteiger partial charge < -0.3 is 10.2 Å². The van der Waals surface area contributed by atoms with E-state index < -0.39 is 5.91 Å². The molecule has 2 amide bonds. The lowest BCUT2D eigenvalue weighted by molar-refractivity contribution is -0.130. The van der Waals surface area contributed by atoms with Crippen LogP contribution in [0.15, 0.2) is 24.3 Å². The summed E-state index contributed by atoms with van der Waals surface area (Å²) < 4.78 is 0. The highest BCUT2D eigenvalue weighted by atomic mass is 16.2. The molecule has 1 aliphatic heterocycles. The van der Waals surface area contributed by atoms with Gasteiger partial charge in [-0.05, 0) is 17.6 Å². The molecule has 0 aliphatic carbocycles. The lowest BCUT2D eigenvalue weighted by atomic mass is 10.2. The van der Waals surface area contributed by atoms with Crippen molar-refractivity contribution in [2.24, 2.45) is 0 Å². The van der Waals surface area contributed by atoms with Crippen LogP contribution in [0, 0.1) is 12.3 Å². The van der Waals surface area contributed by atoms with Crippen molar-refractivity contribution in [2.45, 2.75) is 6.54 Å². The number of hydrogen-bond acceptors (Lipinski definition) is 2. The van der Waals surface area contributed by atoms with E-state index in [4.69, 9.17) is 6.42 Å². The minimum absolute atomic E-state index is 0.00227. The molecular formula is C12H10N2O2. The van der Waals surface area contributed by atoms with Gasteiger partial charge in [-0.3, -0.25) is 9.59 Å². The van der Waals surface area contributed by atoms with E-state index in [0.29, 0.717) is 6.54 Å². The Bertz CT molecular complexity index is 488. The van der Waals surface area contributed by atoms with Crippen LogP contribution in [0.5, 0.6) is 0 Å². The van der Waals surface area contributed by atoms with Crippen molar-refractivity contribution < 1.29 is 9.59 Å². The first kappa shape index (κ1) is 10.2. The molecule has 16 heavy (non-hydrogen) atoms. The summed E-state index contributed by atoms with van der Waals surface area (Å²) in [6.07, 6.45) is 5.05. The molecule has 1 aromatic carbocycles. The molecule has 1 aromatic rings. The van der Waals surface area contributed by atoms with E-state index in [1.807, 2.05) is 24.1 Å². The number of benzene rings is 1. The van der Waals surface area contributed by atoms with Crippen LogP contribution in [-0.4, -0.2) is 23.3 Å². The normalized spacial score (nSPS) is 14.4. The number of carbonyl (C=O) groups excluding carboxylic acids is 2. The molecule has 0 fully saturated rings. The summed E-state index contributed by atoms with van der Waals surface area (Å²) >= 11 is 0. The Balaban J connectivity index is 2.35. The Labute approximate surface area is 93.2 Å². The third kappa shape index (κ3) is 1.89. The Morgan fingerprint density at radius 2 is 2.12 bits per heavy atom. The quantitative estimate of drug-likeness (QED) is 0.643. The molecule has 4 heteroatoms. The molecule has 0 bridgehead atoms. The van der Waals surface area contributed by atoms with Gasteiger partial charge in [0, 0.05) is 12.2 Å². The topological polar surface area (TPSA) is 49.4 Å². The zero-order valence-corrected chi connectivity index (χ0v) is 8.56. The van der Waals surface area contributed by atoms with Crippen molar-refractivity contribution in [1.82, 2.24) is 4.90 Å². The molecule has 4 nitrogen and oxygen atoms in total. The molecule has 2 rings (SSSR count). The number of hydrogen-bond donors (Lipinski definition) is 1. The molecule has 0 aromatic heterocycles. The van der Waals surface area contributed by atoms with Gasteiger partial charge in [0.1, 0.15) is 6.54 Å². The largest absolute Gasteiger partial charge is 0.324 e. The van der Waals surface area contributed by atoms with E-state index in [2.05, 4.69) is 5.32 Å². The number of fused-ring (bicyclic) bond motifs is 1. The van der Waals surface area contributed by atoms with Crippen LogP contribution in [-0.2, 0) is 16.1 Å². The highest BCUT2D eigenvalue weighted by Gasteiger charge is 2.21. The van der Waals surface area contributed by atoms with Crippen LogP contribution in [0.3, 0.4) is 0 Å². The van der Waals surface area contributed by atoms with Gasteiger partial charge in [0.25, 0.3) is 5.91 Å². The van der Waals surface area contributed by atoms with E-state index in [-0.39, 0.29) is 12.5 Å². The fraction of sp³-hybridized carbons (Fsp3) is 0.167. The lowest BCUT2D eigenvalue weighted by Crippen LogP contribution is -2.34. The number of para-hydroxylation sites is 1. The third-order valence-electron chi connectivity index (χ3n) is 2.40. The average Bonchev–Trinajstić information content (AvgIpc) is 2.45. The van der Waals surface area contributed by atoms with Crippen molar-refractivity contribution >= 4 is 17.5 Å². The summed E-state index contributed by atoms with van der Waals surface area (Å²) in [4.78, 5) is 24.2. The summed E-state index contributed by atoms with van der Waals surface area (Å²) in [7, 11) is 0. The molecule has 0 saturated heterocycles. The van der Waals surface area contributed by atoms with Crippen LogP contribution in [0.25, 0.3) is 0 Å². The van der Waals surface area contributed by atoms with E-state index in [0.717, 1.165) is 11.3 Å². The Morgan fingerprint density at radius 1 is 1.38 bits per heavy atom. The van der Waals surface area contributed by atoms with Crippen LogP contribution in [0.4, 0.5) is 5.69 Å². The van der Waals surface area contributed by atoms with E-state index in [9.17, 15) is 9.59 Å².